The van der Waals surface area contributed by atoms with E-state index in [1.807, 2.05) is 38.1 Å². The zero-order chi connectivity index (χ0) is 21.8. The van der Waals surface area contributed by atoms with Crippen LogP contribution in [-0.4, -0.2) is 41.3 Å². The molecule has 0 aliphatic heterocycles. The second-order valence-corrected chi connectivity index (χ2v) is 8.96. The van der Waals surface area contributed by atoms with Crippen LogP contribution in [0.1, 0.15) is 33.5 Å². The Hall–Kier alpha value is -2.65. The van der Waals surface area contributed by atoms with E-state index in [4.69, 9.17) is 9.47 Å². The molecule has 0 radical (unpaired) electrons. The number of nitrogens with one attached hydrogen (secondary N) is 1. The van der Waals surface area contributed by atoms with Crippen LogP contribution in [-0.2, 0) is 16.1 Å². The lowest BCUT2D eigenvalue weighted by Gasteiger charge is -2.13. The number of thiophene rings is 1. The van der Waals surface area contributed by atoms with Crippen molar-refractivity contribution in [1.82, 2.24) is 15.3 Å². The van der Waals surface area contributed by atoms with Gasteiger partial charge in [-0.05, 0) is 44.0 Å². The number of carbonyl (C=O) groups excluding carboxylic acids is 2. The Kier molecular flexibility index (Phi) is 6.94. The fraction of sp³-hybridized carbons (Fsp3) is 0.333. The highest BCUT2D eigenvalue weighted by molar-refractivity contribution is 8.00. The summed E-state index contributed by atoms with van der Waals surface area (Å²) in [4.78, 5) is 34.9. The third kappa shape index (κ3) is 4.73. The summed E-state index contributed by atoms with van der Waals surface area (Å²) in [7, 11) is 2.97. The van der Waals surface area contributed by atoms with Crippen LogP contribution in [0, 0.1) is 13.8 Å². The summed E-state index contributed by atoms with van der Waals surface area (Å²) < 4.78 is 10.0. The number of esters is 1. The van der Waals surface area contributed by atoms with Crippen LogP contribution >= 0.6 is 23.1 Å². The molecule has 9 heteroatoms. The minimum absolute atomic E-state index is 0.0960. The van der Waals surface area contributed by atoms with Crippen molar-refractivity contribution in [3.8, 4) is 5.75 Å². The molecule has 2 aromatic heterocycles. The molecule has 1 atom stereocenters. The maximum Gasteiger partial charge on any atom is 0.348 e. The normalized spacial score (nSPS) is 11.9. The molecule has 1 aromatic carbocycles. The maximum absolute atomic E-state index is 12.6. The molecule has 0 aliphatic carbocycles. The van der Waals surface area contributed by atoms with Crippen LogP contribution in [0.3, 0.4) is 0 Å². The van der Waals surface area contributed by atoms with E-state index in [9.17, 15) is 9.59 Å². The van der Waals surface area contributed by atoms with Gasteiger partial charge in [0.1, 0.15) is 26.3 Å². The number of amides is 1. The number of carbonyl (C=O) groups is 2. The third-order valence-corrected chi connectivity index (χ3v) is 6.78. The van der Waals surface area contributed by atoms with Crippen molar-refractivity contribution in [2.45, 2.75) is 37.6 Å². The molecule has 0 bridgehead atoms. The van der Waals surface area contributed by atoms with E-state index in [0.29, 0.717) is 27.1 Å². The van der Waals surface area contributed by atoms with Crippen LogP contribution in [0.5, 0.6) is 5.75 Å². The minimum Gasteiger partial charge on any atom is -0.497 e. The van der Waals surface area contributed by atoms with E-state index >= 15 is 0 Å². The number of ether oxygens (including phenoxy) is 2. The number of fused-ring (bicyclic) bond motifs is 1. The fourth-order valence-corrected chi connectivity index (χ4v) is 5.16. The predicted octanol–water partition coefficient (Wildman–Crippen LogP) is 3.90. The number of benzene rings is 1. The van der Waals surface area contributed by atoms with E-state index in [0.717, 1.165) is 22.3 Å². The molecule has 30 heavy (non-hydrogen) atoms. The lowest BCUT2D eigenvalue weighted by molar-refractivity contribution is -0.120. The molecule has 0 spiro atoms. The molecular weight excluding hydrogens is 422 g/mol. The van der Waals surface area contributed by atoms with Crippen LogP contribution in [0.2, 0.25) is 0 Å². The molecule has 158 valence electrons. The first kappa shape index (κ1) is 22.0. The molecule has 1 amide bonds. The Morgan fingerprint density at radius 2 is 1.87 bits per heavy atom. The summed E-state index contributed by atoms with van der Waals surface area (Å²) in [6.45, 7) is 5.91. The first-order chi connectivity index (χ1) is 14.3. The van der Waals surface area contributed by atoms with Gasteiger partial charge in [-0.25, -0.2) is 14.8 Å². The van der Waals surface area contributed by atoms with Crippen LogP contribution in [0.4, 0.5) is 0 Å². The van der Waals surface area contributed by atoms with Crippen molar-refractivity contribution in [1.29, 1.82) is 0 Å². The lowest BCUT2D eigenvalue weighted by atomic mass is 10.2. The highest BCUT2D eigenvalue weighted by Gasteiger charge is 2.23. The summed E-state index contributed by atoms with van der Waals surface area (Å²) in [5, 5.41) is 4.06. The lowest BCUT2D eigenvalue weighted by Crippen LogP contribution is -2.30. The number of aryl methyl sites for hydroxylation is 2. The van der Waals surface area contributed by atoms with Crippen LogP contribution < -0.4 is 10.1 Å². The van der Waals surface area contributed by atoms with Crippen LogP contribution in [0.25, 0.3) is 10.2 Å². The molecule has 3 rings (SSSR count). The van der Waals surface area contributed by atoms with Gasteiger partial charge in [-0.3, -0.25) is 4.79 Å². The molecule has 0 aliphatic rings. The number of aromatic nitrogens is 2. The second-order valence-electron chi connectivity index (χ2n) is 6.63. The van der Waals surface area contributed by atoms with Crippen molar-refractivity contribution in [2.24, 2.45) is 0 Å². The summed E-state index contributed by atoms with van der Waals surface area (Å²) >= 11 is 2.64. The highest BCUT2D eigenvalue weighted by atomic mass is 32.2. The molecule has 0 saturated carbocycles. The Labute approximate surface area is 183 Å². The van der Waals surface area contributed by atoms with Gasteiger partial charge in [-0.15, -0.1) is 11.3 Å². The summed E-state index contributed by atoms with van der Waals surface area (Å²) in [6, 6.07) is 7.55. The zero-order valence-electron chi connectivity index (χ0n) is 17.4. The molecule has 0 saturated heterocycles. The average Bonchev–Trinajstić information content (AvgIpc) is 3.07. The summed E-state index contributed by atoms with van der Waals surface area (Å²) in [5.74, 6) is 0.874. The quantitative estimate of drug-likeness (QED) is 0.335. The Morgan fingerprint density at radius 1 is 1.17 bits per heavy atom. The fourth-order valence-electron chi connectivity index (χ4n) is 2.87. The van der Waals surface area contributed by atoms with E-state index < -0.39 is 5.97 Å². The van der Waals surface area contributed by atoms with Crippen LogP contribution in [0.15, 0.2) is 29.3 Å². The van der Waals surface area contributed by atoms with Gasteiger partial charge in [0.25, 0.3) is 0 Å². The molecule has 2 heterocycles. The Bertz CT molecular complexity index is 1080. The summed E-state index contributed by atoms with van der Waals surface area (Å²) in [6.07, 6.45) is 0. The first-order valence-corrected chi connectivity index (χ1v) is 11.0. The minimum atomic E-state index is -0.394. The van der Waals surface area contributed by atoms with Gasteiger partial charge >= 0.3 is 5.97 Å². The van der Waals surface area contributed by atoms with E-state index in [-0.39, 0.29) is 11.2 Å². The Balaban J connectivity index is 1.76. The number of methoxy groups -OCH3 is 2. The van der Waals surface area contributed by atoms with Crippen molar-refractivity contribution < 1.29 is 19.1 Å². The van der Waals surface area contributed by atoms with Crippen molar-refractivity contribution in [2.75, 3.05) is 14.2 Å². The smallest absolute Gasteiger partial charge is 0.348 e. The Morgan fingerprint density at radius 3 is 2.50 bits per heavy atom. The SMILES string of the molecule is COC(=O)c1sc2nc(C)nc(SC(C)C(=O)NCc3ccc(OC)cc3)c2c1C. The number of nitrogens with zero attached hydrogens (tertiary/aromatic N) is 2. The first-order valence-electron chi connectivity index (χ1n) is 9.27. The van der Waals surface area contributed by atoms with Gasteiger partial charge in [-0.1, -0.05) is 23.9 Å². The highest BCUT2D eigenvalue weighted by Crippen LogP contribution is 2.37. The summed E-state index contributed by atoms with van der Waals surface area (Å²) in [5.41, 5.74) is 1.76. The third-order valence-electron chi connectivity index (χ3n) is 4.52. The topological polar surface area (TPSA) is 90.4 Å². The number of rotatable bonds is 7. The van der Waals surface area contributed by atoms with Gasteiger partial charge in [-0.2, -0.15) is 0 Å². The monoisotopic (exact) mass is 445 g/mol. The van der Waals surface area contributed by atoms with E-state index in [1.165, 1.54) is 30.2 Å². The standard InChI is InChI=1S/C21H23N3O4S2/c1-11-16-19(23-13(3)24-20(16)30-17(11)21(26)28-5)29-12(2)18(25)22-10-14-6-8-15(27-4)9-7-14/h6-9,12H,10H2,1-5H3,(H,22,25). The predicted molar refractivity (Wildman–Crippen MR) is 118 cm³/mol. The van der Waals surface area contributed by atoms with Crippen molar-refractivity contribution >= 4 is 45.2 Å². The molecule has 0 fully saturated rings. The number of thioether (sulfide) groups is 1. The largest absolute Gasteiger partial charge is 0.497 e. The molecule has 7 nitrogen and oxygen atoms in total. The number of hydrogen-bond acceptors (Lipinski definition) is 8. The molecule has 1 unspecified atom stereocenters. The second kappa shape index (κ2) is 9.44. The number of hydrogen-bond donors (Lipinski definition) is 1. The maximum atomic E-state index is 12.6. The molecule has 1 N–H and O–H groups in total. The van der Waals surface area contributed by atoms with Crippen molar-refractivity contribution in [3.63, 3.8) is 0 Å². The van der Waals surface area contributed by atoms with Gasteiger partial charge in [0.15, 0.2) is 0 Å². The van der Waals surface area contributed by atoms with E-state index in [2.05, 4.69) is 15.3 Å². The zero-order valence-corrected chi connectivity index (χ0v) is 19.1. The van der Waals surface area contributed by atoms with E-state index in [1.54, 1.807) is 14.0 Å². The van der Waals surface area contributed by atoms with Crippen molar-refractivity contribution in [3.05, 3.63) is 46.1 Å². The van der Waals surface area contributed by atoms with Gasteiger partial charge in [0, 0.05) is 11.9 Å². The van der Waals surface area contributed by atoms with Gasteiger partial charge in [0.05, 0.1) is 19.5 Å². The molecule has 3 aromatic rings. The van der Waals surface area contributed by atoms with Gasteiger partial charge in [0.2, 0.25) is 5.91 Å². The molecular formula is C21H23N3O4S2. The van der Waals surface area contributed by atoms with Gasteiger partial charge < -0.3 is 14.8 Å². The average molecular weight is 446 g/mol.